The van der Waals surface area contributed by atoms with Crippen LogP contribution in [-0.4, -0.2) is 115 Å². The summed E-state index contributed by atoms with van der Waals surface area (Å²) >= 11 is 0. The van der Waals surface area contributed by atoms with Crippen LogP contribution in [0.25, 0.3) is 0 Å². The number of carbonyl (C=O) groups is 6. The lowest BCUT2D eigenvalue weighted by Crippen LogP contribution is -2.53. The van der Waals surface area contributed by atoms with Gasteiger partial charge in [0.05, 0.1) is 6.04 Å². The van der Waals surface area contributed by atoms with Gasteiger partial charge in [0.1, 0.15) is 29.3 Å². The van der Waals surface area contributed by atoms with Gasteiger partial charge < -0.3 is 72.8 Å². The zero-order valence-electron chi connectivity index (χ0n) is 34.9. The molecular formula is C40H62N6O14. The highest BCUT2D eigenvalue weighted by atomic mass is 16.6. The number of amides is 4. The third-order valence-electron chi connectivity index (χ3n) is 8.08. The first-order chi connectivity index (χ1) is 27.8. The summed E-state index contributed by atoms with van der Waals surface area (Å²) in [5, 5.41) is 66.5. The van der Waals surface area contributed by atoms with Crippen molar-refractivity contribution >= 4 is 35.9 Å². The van der Waals surface area contributed by atoms with E-state index in [-0.39, 0.29) is 49.5 Å². The molecule has 4 amide bonds. The Kier molecular flexibility index (Phi) is 21.5. The number of unbranched alkanes of at least 4 members (excludes halogenated alkanes) is 2. The van der Waals surface area contributed by atoms with Gasteiger partial charge in [0.2, 0.25) is 11.8 Å². The molecule has 0 aromatic heterocycles. The first-order valence-corrected chi connectivity index (χ1v) is 19.3. The largest absolute Gasteiger partial charge is 0.504 e. The van der Waals surface area contributed by atoms with Gasteiger partial charge >= 0.3 is 24.1 Å². The van der Waals surface area contributed by atoms with Crippen LogP contribution in [0.1, 0.15) is 91.2 Å². The molecule has 2 rings (SSSR count). The quantitative estimate of drug-likeness (QED) is 0.0672. The minimum Gasteiger partial charge on any atom is -0.504 e. The highest BCUT2D eigenvalue weighted by molar-refractivity contribution is 5.89. The lowest BCUT2D eigenvalue weighted by atomic mass is 10.0. The molecule has 336 valence electrons. The minimum atomic E-state index is -1.26. The number of phenolic OH excluding ortho intramolecular Hbond substituents is 4. The third-order valence-corrected chi connectivity index (χ3v) is 8.08. The van der Waals surface area contributed by atoms with Gasteiger partial charge in [0.25, 0.3) is 0 Å². The molecule has 60 heavy (non-hydrogen) atoms. The first kappa shape index (κ1) is 52.0. The summed E-state index contributed by atoms with van der Waals surface area (Å²) in [7, 11) is 0. The highest BCUT2D eigenvalue weighted by Crippen LogP contribution is 2.26. The predicted octanol–water partition coefficient (Wildman–Crippen LogP) is 2.46. The van der Waals surface area contributed by atoms with Crippen LogP contribution in [0.4, 0.5) is 9.59 Å². The number of phenols is 4. The van der Waals surface area contributed by atoms with Gasteiger partial charge in [-0.3, -0.25) is 9.59 Å². The molecule has 20 nitrogen and oxygen atoms in total. The van der Waals surface area contributed by atoms with Crippen LogP contribution in [0.2, 0.25) is 0 Å². The molecular weight excluding hydrogens is 788 g/mol. The summed E-state index contributed by atoms with van der Waals surface area (Å²) in [6.45, 7) is 10.9. The smallest absolute Gasteiger partial charge is 0.408 e. The SMILES string of the molecule is CC(C)(C)OC(=O)NCCCC[C@H](NC(=O)[C@H](Cc1ccc(O)c(O)c1)NC(=O)OC(C)(C)C)C(=O)O.NCCCC[C@H](NC(=O)[C@@H](N)Cc1ccc(O)c(O)c1)C(=O)O. The second kappa shape index (κ2) is 24.8. The van der Waals surface area contributed by atoms with E-state index in [1.807, 2.05) is 0 Å². The average Bonchev–Trinajstić information content (AvgIpc) is 3.11. The van der Waals surface area contributed by atoms with Crippen LogP contribution in [0.15, 0.2) is 36.4 Å². The molecule has 0 aliphatic heterocycles. The number of aromatic hydroxyl groups is 4. The second-order valence-electron chi connectivity index (χ2n) is 15.9. The van der Waals surface area contributed by atoms with Crippen molar-refractivity contribution in [1.29, 1.82) is 0 Å². The van der Waals surface area contributed by atoms with Gasteiger partial charge in [0.15, 0.2) is 23.0 Å². The van der Waals surface area contributed by atoms with E-state index in [1.54, 1.807) is 41.5 Å². The Morgan fingerprint density at radius 2 is 1.05 bits per heavy atom. The van der Waals surface area contributed by atoms with Crippen LogP contribution < -0.4 is 32.7 Å². The van der Waals surface area contributed by atoms with Crippen molar-refractivity contribution < 1.29 is 68.9 Å². The van der Waals surface area contributed by atoms with Gasteiger partial charge in [-0.1, -0.05) is 12.1 Å². The number of benzene rings is 2. The molecule has 4 atom stereocenters. The molecule has 20 heteroatoms. The van der Waals surface area contributed by atoms with Crippen LogP contribution in [0, 0.1) is 0 Å². The van der Waals surface area contributed by atoms with E-state index in [9.17, 15) is 54.3 Å². The van der Waals surface area contributed by atoms with E-state index in [0.717, 1.165) is 0 Å². The lowest BCUT2D eigenvalue weighted by molar-refractivity contribution is -0.142. The van der Waals surface area contributed by atoms with E-state index in [1.165, 1.54) is 36.4 Å². The molecule has 0 aliphatic rings. The van der Waals surface area contributed by atoms with Gasteiger partial charge in [0, 0.05) is 13.0 Å². The van der Waals surface area contributed by atoms with Gasteiger partial charge in [-0.15, -0.1) is 0 Å². The van der Waals surface area contributed by atoms with E-state index in [4.69, 9.17) is 26.0 Å². The number of rotatable bonds is 20. The molecule has 2 aromatic carbocycles. The fraction of sp³-hybridized carbons (Fsp3) is 0.550. The number of carboxylic acids is 2. The summed E-state index contributed by atoms with van der Waals surface area (Å²) < 4.78 is 10.3. The van der Waals surface area contributed by atoms with Crippen LogP contribution in [0.5, 0.6) is 23.0 Å². The van der Waals surface area contributed by atoms with E-state index in [2.05, 4.69) is 21.3 Å². The lowest BCUT2D eigenvalue weighted by Gasteiger charge is -2.24. The minimum absolute atomic E-state index is 0.0796. The first-order valence-electron chi connectivity index (χ1n) is 19.3. The topological polar surface area (TPSA) is 342 Å². The Hall–Kier alpha value is -6.02. The van der Waals surface area contributed by atoms with E-state index >= 15 is 0 Å². The van der Waals surface area contributed by atoms with E-state index in [0.29, 0.717) is 43.4 Å². The fourth-order valence-electron chi connectivity index (χ4n) is 5.17. The monoisotopic (exact) mass is 850 g/mol. The third kappa shape index (κ3) is 21.7. The molecule has 14 N–H and O–H groups in total. The molecule has 0 saturated carbocycles. The van der Waals surface area contributed by atoms with Crippen LogP contribution >= 0.6 is 0 Å². The number of aliphatic carboxylic acids is 2. The van der Waals surface area contributed by atoms with Gasteiger partial charge in [-0.2, -0.15) is 0 Å². The van der Waals surface area contributed by atoms with Crippen LogP contribution in [0.3, 0.4) is 0 Å². The summed E-state index contributed by atoms with van der Waals surface area (Å²) in [4.78, 5) is 71.9. The number of nitrogens with two attached hydrogens (primary N) is 2. The van der Waals surface area contributed by atoms with Crippen LogP contribution in [-0.2, 0) is 41.5 Å². The molecule has 0 aliphatic carbocycles. The molecule has 2 aromatic rings. The standard InChI is InChI=1S/C25H39N3O9.C15H23N3O5/c1-24(2,3)36-22(34)26-12-8-7-9-16(21(32)33)27-20(31)17(28-23(35)37-25(4,5)6)13-15-10-11-18(29)19(30)14-15;16-6-2-1-3-11(15(22)23)18-14(21)10(17)7-9-4-5-12(19)13(20)8-9/h10-11,14,16-17,29-30H,7-9,12-13H2,1-6H3,(H,26,34)(H,27,31)(H,28,35)(H,32,33);4-5,8,10-11,19-20H,1-3,6-7,16-17H2,(H,18,21)(H,22,23)/t16-,17-;10-,11-/m00/s1. The Bertz CT molecular complexity index is 1740. The molecule has 0 unspecified atom stereocenters. The van der Waals surface area contributed by atoms with Gasteiger partial charge in [-0.25, -0.2) is 19.2 Å². The molecule has 0 spiro atoms. The highest BCUT2D eigenvalue weighted by Gasteiger charge is 2.29. The maximum absolute atomic E-state index is 13.0. The summed E-state index contributed by atoms with van der Waals surface area (Å²) in [6.07, 6.45) is 1.01. The summed E-state index contributed by atoms with van der Waals surface area (Å²) in [5.74, 6) is -5.06. The number of alkyl carbamates (subject to hydrolysis) is 2. The average molecular weight is 851 g/mol. The second-order valence-corrected chi connectivity index (χ2v) is 15.9. The summed E-state index contributed by atoms with van der Waals surface area (Å²) in [5.41, 5.74) is 10.6. The normalized spacial score (nSPS) is 13.2. The van der Waals surface area contributed by atoms with Crippen molar-refractivity contribution in [3.8, 4) is 23.0 Å². The van der Waals surface area contributed by atoms with Crippen molar-refractivity contribution in [2.24, 2.45) is 11.5 Å². The Morgan fingerprint density at radius 1 is 0.600 bits per heavy atom. The maximum Gasteiger partial charge on any atom is 0.408 e. The maximum atomic E-state index is 13.0. The van der Waals surface area contributed by atoms with Crippen molar-refractivity contribution in [1.82, 2.24) is 21.3 Å². The molecule has 0 radical (unpaired) electrons. The van der Waals surface area contributed by atoms with E-state index < -0.39 is 77.1 Å². The number of carboxylic acid groups (broad SMARTS) is 2. The van der Waals surface area contributed by atoms with Crippen molar-refractivity contribution in [3.63, 3.8) is 0 Å². The number of carbonyl (C=O) groups excluding carboxylic acids is 4. The van der Waals surface area contributed by atoms with Crippen molar-refractivity contribution in [2.75, 3.05) is 13.1 Å². The fourth-order valence-corrected chi connectivity index (χ4v) is 5.17. The van der Waals surface area contributed by atoms with Crippen molar-refractivity contribution in [2.45, 2.75) is 128 Å². The number of hydrogen-bond acceptors (Lipinski definition) is 14. The number of nitrogens with one attached hydrogen (secondary N) is 4. The Morgan fingerprint density at radius 3 is 1.50 bits per heavy atom. The predicted molar refractivity (Wildman–Crippen MR) is 218 cm³/mol. The zero-order valence-corrected chi connectivity index (χ0v) is 34.9. The molecule has 0 bridgehead atoms. The summed E-state index contributed by atoms with van der Waals surface area (Å²) in [6, 6.07) is 3.61. The number of hydrogen-bond donors (Lipinski definition) is 12. The van der Waals surface area contributed by atoms with Gasteiger partial charge in [-0.05, 0) is 128 Å². The Labute approximate surface area is 349 Å². The number of ether oxygens (including phenoxy) is 2. The van der Waals surface area contributed by atoms with Crippen molar-refractivity contribution in [3.05, 3.63) is 47.5 Å². The molecule has 0 heterocycles. The molecule has 0 fully saturated rings. The zero-order chi connectivity index (χ0) is 45.8. The Balaban J connectivity index is 0.000000669. The molecule has 0 saturated heterocycles.